The summed E-state index contributed by atoms with van der Waals surface area (Å²) < 4.78 is 10.6. The van der Waals surface area contributed by atoms with E-state index in [0.29, 0.717) is 30.2 Å². The summed E-state index contributed by atoms with van der Waals surface area (Å²) in [5.41, 5.74) is 1.82. The molecular formula is C21H26N2O3. The number of nitrogens with zero attached hydrogens (tertiary/aromatic N) is 2. The van der Waals surface area contributed by atoms with E-state index in [9.17, 15) is 4.79 Å². The molecule has 5 nitrogen and oxygen atoms in total. The summed E-state index contributed by atoms with van der Waals surface area (Å²) in [6.45, 7) is 5.70. The van der Waals surface area contributed by atoms with Gasteiger partial charge in [-0.05, 0) is 44.2 Å². The number of anilines is 1. The Hall–Kier alpha value is -2.69. The summed E-state index contributed by atoms with van der Waals surface area (Å²) in [6.07, 6.45) is 0. The third kappa shape index (κ3) is 3.47. The van der Waals surface area contributed by atoms with Crippen molar-refractivity contribution in [3.8, 4) is 11.5 Å². The Morgan fingerprint density at radius 3 is 2.12 bits per heavy atom. The van der Waals surface area contributed by atoms with E-state index in [-0.39, 0.29) is 18.0 Å². The van der Waals surface area contributed by atoms with Gasteiger partial charge in [0.1, 0.15) is 0 Å². The lowest BCUT2D eigenvalue weighted by molar-refractivity contribution is 0.0700. The number of methoxy groups -OCH3 is 2. The van der Waals surface area contributed by atoms with Crippen molar-refractivity contribution < 1.29 is 14.3 Å². The first kappa shape index (κ1) is 18.1. The first-order valence-electron chi connectivity index (χ1n) is 8.89. The lowest BCUT2D eigenvalue weighted by Crippen LogP contribution is -2.58. The number of benzene rings is 2. The van der Waals surface area contributed by atoms with Crippen molar-refractivity contribution in [1.82, 2.24) is 4.90 Å². The van der Waals surface area contributed by atoms with Crippen LogP contribution >= 0.6 is 0 Å². The Balaban J connectivity index is 1.78. The average molecular weight is 354 g/mol. The number of amides is 1. The summed E-state index contributed by atoms with van der Waals surface area (Å²) in [5, 5.41) is 0. The van der Waals surface area contributed by atoms with Gasteiger partial charge in [-0.3, -0.25) is 4.79 Å². The van der Waals surface area contributed by atoms with Crippen LogP contribution in [0, 0.1) is 0 Å². The second-order valence-electron chi connectivity index (χ2n) is 6.72. The summed E-state index contributed by atoms with van der Waals surface area (Å²) in [6, 6.07) is 16.2. The summed E-state index contributed by atoms with van der Waals surface area (Å²) in [5.74, 6) is 1.22. The first-order valence-corrected chi connectivity index (χ1v) is 8.89. The maximum atomic E-state index is 13.0. The van der Waals surface area contributed by atoms with Crippen molar-refractivity contribution >= 4 is 11.6 Å². The van der Waals surface area contributed by atoms with E-state index in [2.05, 4.69) is 43.0 Å². The molecule has 2 aromatic carbocycles. The molecule has 5 heteroatoms. The number of hydrogen-bond donors (Lipinski definition) is 0. The highest BCUT2D eigenvalue weighted by Crippen LogP contribution is 2.29. The third-order valence-corrected chi connectivity index (χ3v) is 4.89. The van der Waals surface area contributed by atoms with Crippen LogP contribution in [0.15, 0.2) is 48.5 Å². The van der Waals surface area contributed by atoms with Gasteiger partial charge in [0.25, 0.3) is 5.91 Å². The maximum Gasteiger partial charge on any atom is 0.254 e. The number of piperazine rings is 1. The van der Waals surface area contributed by atoms with Crippen LogP contribution in [0.1, 0.15) is 24.2 Å². The number of ether oxygens (including phenoxy) is 2. The van der Waals surface area contributed by atoms with Crippen LogP contribution in [-0.4, -0.2) is 50.2 Å². The van der Waals surface area contributed by atoms with Crippen molar-refractivity contribution in [2.45, 2.75) is 25.9 Å². The lowest BCUT2D eigenvalue weighted by Gasteiger charge is -2.46. The summed E-state index contributed by atoms with van der Waals surface area (Å²) >= 11 is 0. The molecule has 2 aromatic rings. The Kier molecular flexibility index (Phi) is 5.35. The van der Waals surface area contributed by atoms with E-state index in [1.165, 1.54) is 5.69 Å². The molecule has 26 heavy (non-hydrogen) atoms. The molecule has 3 rings (SSSR count). The second kappa shape index (κ2) is 7.68. The fourth-order valence-corrected chi connectivity index (χ4v) is 3.75. The molecule has 1 aliphatic rings. The minimum Gasteiger partial charge on any atom is -0.493 e. The van der Waals surface area contributed by atoms with Gasteiger partial charge in [0.2, 0.25) is 0 Å². The minimum atomic E-state index is 0.0253. The molecule has 1 fully saturated rings. The molecule has 2 atom stereocenters. The maximum absolute atomic E-state index is 13.0. The van der Waals surface area contributed by atoms with E-state index in [0.717, 1.165) is 0 Å². The van der Waals surface area contributed by atoms with Crippen molar-refractivity contribution in [2.75, 3.05) is 32.2 Å². The molecule has 0 aromatic heterocycles. The fraction of sp³-hybridized carbons (Fsp3) is 0.381. The molecule has 0 N–H and O–H groups in total. The second-order valence-corrected chi connectivity index (χ2v) is 6.72. The van der Waals surface area contributed by atoms with Gasteiger partial charge in [-0.2, -0.15) is 0 Å². The van der Waals surface area contributed by atoms with E-state index in [1.54, 1.807) is 32.4 Å². The number of carbonyl (C=O) groups is 1. The molecule has 0 aliphatic carbocycles. The molecule has 0 radical (unpaired) electrons. The van der Waals surface area contributed by atoms with Crippen molar-refractivity contribution in [3.63, 3.8) is 0 Å². The standard InChI is InChI=1S/C21H26N2O3/c1-15-13-22(14-16(2)23(15)18-8-6-5-7-9-18)21(24)17-10-11-19(25-3)20(12-17)26-4/h5-12,15-16H,13-14H2,1-4H3. The number of para-hydroxylation sites is 1. The molecule has 1 amide bonds. The van der Waals surface area contributed by atoms with Crippen LogP contribution in [0.4, 0.5) is 5.69 Å². The Morgan fingerprint density at radius 2 is 1.54 bits per heavy atom. The van der Waals surface area contributed by atoms with Gasteiger partial charge in [0, 0.05) is 36.4 Å². The Labute approximate surface area is 155 Å². The highest BCUT2D eigenvalue weighted by atomic mass is 16.5. The number of rotatable bonds is 4. The van der Waals surface area contributed by atoms with Gasteiger partial charge < -0.3 is 19.3 Å². The fourth-order valence-electron chi connectivity index (χ4n) is 3.75. The topological polar surface area (TPSA) is 42.0 Å². The molecule has 138 valence electrons. The number of hydrogen-bond acceptors (Lipinski definition) is 4. The molecule has 0 saturated carbocycles. The van der Waals surface area contributed by atoms with Crippen molar-refractivity contribution in [2.24, 2.45) is 0 Å². The van der Waals surface area contributed by atoms with E-state index >= 15 is 0 Å². The number of carbonyl (C=O) groups excluding carboxylic acids is 1. The monoisotopic (exact) mass is 354 g/mol. The van der Waals surface area contributed by atoms with Gasteiger partial charge >= 0.3 is 0 Å². The van der Waals surface area contributed by atoms with Crippen LogP contribution in [0.25, 0.3) is 0 Å². The van der Waals surface area contributed by atoms with Crippen LogP contribution in [0.5, 0.6) is 11.5 Å². The highest BCUT2D eigenvalue weighted by Gasteiger charge is 2.32. The predicted octanol–water partition coefficient (Wildman–Crippen LogP) is 3.44. The van der Waals surface area contributed by atoms with Gasteiger partial charge in [-0.1, -0.05) is 18.2 Å². The van der Waals surface area contributed by atoms with Crippen molar-refractivity contribution in [3.05, 3.63) is 54.1 Å². The zero-order valence-corrected chi connectivity index (χ0v) is 15.8. The minimum absolute atomic E-state index is 0.0253. The molecular weight excluding hydrogens is 328 g/mol. The molecule has 0 bridgehead atoms. The first-order chi connectivity index (χ1) is 12.5. The van der Waals surface area contributed by atoms with Crippen LogP contribution in [0.2, 0.25) is 0 Å². The quantitative estimate of drug-likeness (QED) is 0.843. The normalized spacial score (nSPS) is 20.0. The van der Waals surface area contributed by atoms with Crippen LogP contribution < -0.4 is 14.4 Å². The van der Waals surface area contributed by atoms with Crippen LogP contribution in [-0.2, 0) is 0 Å². The Morgan fingerprint density at radius 1 is 0.923 bits per heavy atom. The molecule has 1 saturated heterocycles. The highest BCUT2D eigenvalue weighted by molar-refractivity contribution is 5.95. The molecule has 2 unspecified atom stereocenters. The Bertz CT molecular complexity index is 751. The predicted molar refractivity (Wildman–Crippen MR) is 103 cm³/mol. The lowest BCUT2D eigenvalue weighted by atomic mass is 10.0. The van der Waals surface area contributed by atoms with E-state index in [1.807, 2.05) is 11.0 Å². The van der Waals surface area contributed by atoms with Gasteiger partial charge in [0.15, 0.2) is 11.5 Å². The van der Waals surface area contributed by atoms with Gasteiger partial charge in [-0.25, -0.2) is 0 Å². The SMILES string of the molecule is COc1ccc(C(=O)N2CC(C)N(c3ccccc3)C(C)C2)cc1OC. The summed E-state index contributed by atoms with van der Waals surface area (Å²) in [7, 11) is 3.17. The average Bonchev–Trinajstić information content (AvgIpc) is 2.67. The molecule has 1 heterocycles. The summed E-state index contributed by atoms with van der Waals surface area (Å²) in [4.78, 5) is 17.3. The van der Waals surface area contributed by atoms with Gasteiger partial charge in [0.05, 0.1) is 14.2 Å². The zero-order valence-electron chi connectivity index (χ0n) is 15.8. The van der Waals surface area contributed by atoms with Crippen LogP contribution in [0.3, 0.4) is 0 Å². The van der Waals surface area contributed by atoms with Crippen molar-refractivity contribution in [1.29, 1.82) is 0 Å². The smallest absolute Gasteiger partial charge is 0.254 e. The largest absolute Gasteiger partial charge is 0.493 e. The van der Waals surface area contributed by atoms with E-state index < -0.39 is 0 Å². The third-order valence-electron chi connectivity index (χ3n) is 4.89. The molecule has 0 spiro atoms. The van der Waals surface area contributed by atoms with Gasteiger partial charge in [-0.15, -0.1) is 0 Å². The zero-order chi connectivity index (χ0) is 18.7. The molecule has 1 aliphatic heterocycles. The van der Waals surface area contributed by atoms with E-state index in [4.69, 9.17) is 9.47 Å².